The van der Waals surface area contributed by atoms with Gasteiger partial charge in [0.05, 0.1) is 11.7 Å². The fourth-order valence-electron chi connectivity index (χ4n) is 4.24. The molecule has 1 aromatic carbocycles. The van der Waals surface area contributed by atoms with Gasteiger partial charge in [-0.1, -0.05) is 0 Å². The average Bonchev–Trinajstić information content (AvgIpc) is 3.39. The number of nitriles is 1. The van der Waals surface area contributed by atoms with Crippen LogP contribution in [0.2, 0.25) is 0 Å². The maximum atomic E-state index is 13.6. The molecule has 3 N–H and O–H groups in total. The highest BCUT2D eigenvalue weighted by Crippen LogP contribution is 2.27. The second-order valence-electron chi connectivity index (χ2n) is 8.04. The Kier molecular flexibility index (Phi) is 5.46. The molecule has 3 aromatic heterocycles. The van der Waals surface area contributed by atoms with Crippen molar-refractivity contribution in [3.63, 3.8) is 0 Å². The molecule has 12 heteroatoms. The van der Waals surface area contributed by atoms with Gasteiger partial charge in [0.15, 0.2) is 22.8 Å². The molecule has 1 fully saturated rings. The third-order valence-corrected chi connectivity index (χ3v) is 6.64. The molecule has 1 aliphatic rings. The Balaban J connectivity index is 1.54. The standard InChI is InChI=1S/C22H21N9O2S/c1-13-9-25-21(34-13)28-20(32)14-4-6-15(7-5-14)30-17-18(24)26-12-27-19(17)31(22(30)33)16-3-2-8-29(10-16)11-23/h4-7,9,12,16H,2-3,8,10H2,1H3,(H2,24,26,27)(H,25,28,32). The minimum atomic E-state index is -0.317. The van der Waals surface area contributed by atoms with Crippen molar-refractivity contribution in [1.82, 2.24) is 29.0 Å². The number of thiazole rings is 1. The number of carbonyl (C=O) groups excluding carboxylic acids is 1. The number of nitrogens with zero attached hydrogens (tertiary/aromatic N) is 7. The van der Waals surface area contributed by atoms with Crippen LogP contribution in [0.3, 0.4) is 0 Å². The Bertz CT molecular complexity index is 1480. The Hall–Kier alpha value is -4.24. The summed E-state index contributed by atoms with van der Waals surface area (Å²) < 4.78 is 3.06. The number of nitrogens with two attached hydrogens (primary N) is 1. The summed E-state index contributed by atoms with van der Waals surface area (Å²) in [5.41, 5.74) is 7.63. The number of amides is 1. The highest BCUT2D eigenvalue weighted by Gasteiger charge is 2.28. The number of nitrogen functional groups attached to an aromatic ring is 1. The van der Waals surface area contributed by atoms with E-state index in [4.69, 9.17) is 5.73 Å². The SMILES string of the molecule is Cc1cnc(NC(=O)c2ccc(-n3c(=O)n(C4CCCN(C#N)C4)c4ncnc(N)c43)cc2)s1. The van der Waals surface area contributed by atoms with E-state index in [9.17, 15) is 14.9 Å². The van der Waals surface area contributed by atoms with Crippen molar-refractivity contribution < 1.29 is 4.79 Å². The molecule has 0 radical (unpaired) electrons. The first kappa shape index (κ1) is 21.6. The summed E-state index contributed by atoms with van der Waals surface area (Å²) in [6.45, 7) is 3.01. The number of aryl methyl sites for hydroxylation is 1. The fourth-order valence-corrected chi connectivity index (χ4v) is 4.90. The molecule has 0 aliphatic carbocycles. The molecule has 172 valence electrons. The van der Waals surface area contributed by atoms with E-state index < -0.39 is 0 Å². The minimum Gasteiger partial charge on any atom is -0.382 e. The lowest BCUT2D eigenvalue weighted by atomic mass is 10.1. The van der Waals surface area contributed by atoms with Gasteiger partial charge in [-0.25, -0.2) is 19.7 Å². The second-order valence-corrected chi connectivity index (χ2v) is 9.27. The molecule has 11 nitrogen and oxygen atoms in total. The number of fused-ring (bicyclic) bond motifs is 1. The van der Waals surface area contributed by atoms with Crippen LogP contribution in [0.15, 0.2) is 41.6 Å². The van der Waals surface area contributed by atoms with Crippen molar-refractivity contribution in [3.05, 3.63) is 57.7 Å². The summed E-state index contributed by atoms with van der Waals surface area (Å²) in [7, 11) is 0. The van der Waals surface area contributed by atoms with E-state index in [1.165, 1.54) is 22.2 Å². The highest BCUT2D eigenvalue weighted by molar-refractivity contribution is 7.15. The minimum absolute atomic E-state index is 0.176. The Morgan fingerprint density at radius 2 is 2.06 bits per heavy atom. The van der Waals surface area contributed by atoms with E-state index in [2.05, 4.69) is 26.5 Å². The Morgan fingerprint density at radius 1 is 1.26 bits per heavy atom. The fraction of sp³-hybridized carbons (Fsp3) is 0.273. The molecule has 5 rings (SSSR count). The zero-order valence-electron chi connectivity index (χ0n) is 18.3. The number of nitrogens with one attached hydrogen (secondary N) is 1. The van der Waals surface area contributed by atoms with Gasteiger partial charge in [-0.2, -0.15) is 5.26 Å². The normalized spacial score (nSPS) is 15.9. The van der Waals surface area contributed by atoms with Gasteiger partial charge in [-0.15, -0.1) is 11.3 Å². The maximum Gasteiger partial charge on any atom is 0.335 e. The van der Waals surface area contributed by atoms with Crippen LogP contribution in [-0.4, -0.2) is 48.0 Å². The molecular weight excluding hydrogens is 454 g/mol. The first-order valence-corrected chi connectivity index (χ1v) is 11.5. The van der Waals surface area contributed by atoms with Crippen LogP contribution in [0.25, 0.3) is 16.9 Å². The number of benzene rings is 1. The van der Waals surface area contributed by atoms with Crippen molar-refractivity contribution in [2.24, 2.45) is 0 Å². The van der Waals surface area contributed by atoms with E-state index in [1.54, 1.807) is 39.9 Å². The van der Waals surface area contributed by atoms with Crippen LogP contribution in [0.5, 0.6) is 0 Å². The van der Waals surface area contributed by atoms with Crippen molar-refractivity contribution in [3.8, 4) is 11.9 Å². The molecule has 4 aromatic rings. The number of imidazole rings is 1. The van der Waals surface area contributed by atoms with Gasteiger partial charge >= 0.3 is 5.69 Å². The summed E-state index contributed by atoms with van der Waals surface area (Å²) in [5.74, 6) is -0.118. The Labute approximate surface area is 198 Å². The van der Waals surface area contributed by atoms with Gasteiger partial charge < -0.3 is 10.6 Å². The number of hydrogen-bond acceptors (Lipinski definition) is 9. The quantitative estimate of drug-likeness (QED) is 0.427. The molecule has 0 bridgehead atoms. The van der Waals surface area contributed by atoms with Gasteiger partial charge in [-0.3, -0.25) is 19.2 Å². The molecule has 1 saturated heterocycles. The average molecular weight is 476 g/mol. The molecule has 1 aliphatic heterocycles. The largest absolute Gasteiger partial charge is 0.382 e. The van der Waals surface area contributed by atoms with Gasteiger partial charge in [0.2, 0.25) is 0 Å². The summed E-state index contributed by atoms with van der Waals surface area (Å²) in [6, 6.07) is 6.42. The van der Waals surface area contributed by atoms with E-state index in [-0.39, 0.29) is 23.5 Å². The van der Waals surface area contributed by atoms with Crippen molar-refractivity contribution >= 4 is 39.4 Å². The molecule has 0 spiro atoms. The van der Waals surface area contributed by atoms with Gasteiger partial charge in [0.25, 0.3) is 5.91 Å². The Morgan fingerprint density at radius 3 is 2.76 bits per heavy atom. The van der Waals surface area contributed by atoms with Crippen molar-refractivity contribution in [2.45, 2.75) is 25.8 Å². The van der Waals surface area contributed by atoms with E-state index in [0.717, 1.165) is 17.7 Å². The monoisotopic (exact) mass is 475 g/mol. The summed E-state index contributed by atoms with van der Waals surface area (Å²) in [6.07, 6.45) is 6.73. The number of likely N-dealkylation sites (tertiary alicyclic amines) is 1. The van der Waals surface area contributed by atoms with Gasteiger partial charge in [0.1, 0.15) is 11.8 Å². The zero-order chi connectivity index (χ0) is 23.8. The van der Waals surface area contributed by atoms with Crippen LogP contribution in [-0.2, 0) is 0 Å². The smallest absolute Gasteiger partial charge is 0.335 e. The first-order valence-electron chi connectivity index (χ1n) is 10.7. The lowest BCUT2D eigenvalue weighted by Crippen LogP contribution is -2.37. The number of aromatic nitrogens is 5. The number of hydrogen-bond donors (Lipinski definition) is 2. The summed E-state index contributed by atoms with van der Waals surface area (Å²) in [4.78, 5) is 41.4. The molecule has 1 atom stereocenters. The van der Waals surface area contributed by atoms with Crippen LogP contribution in [0.4, 0.5) is 10.9 Å². The second kappa shape index (κ2) is 8.60. The molecule has 4 heterocycles. The lowest BCUT2D eigenvalue weighted by Gasteiger charge is -2.29. The molecule has 1 unspecified atom stereocenters. The molecule has 0 saturated carbocycles. The van der Waals surface area contributed by atoms with Crippen LogP contribution < -0.4 is 16.7 Å². The van der Waals surface area contributed by atoms with Crippen molar-refractivity contribution in [1.29, 1.82) is 5.26 Å². The predicted molar refractivity (Wildman–Crippen MR) is 128 cm³/mol. The van der Waals surface area contributed by atoms with Crippen LogP contribution in [0.1, 0.15) is 34.1 Å². The molecular formula is C22H21N9O2S. The zero-order valence-corrected chi connectivity index (χ0v) is 19.1. The molecule has 1 amide bonds. The lowest BCUT2D eigenvalue weighted by molar-refractivity contribution is 0.102. The van der Waals surface area contributed by atoms with Crippen LogP contribution in [0, 0.1) is 18.4 Å². The van der Waals surface area contributed by atoms with Gasteiger partial charge in [-0.05, 0) is 44.0 Å². The topological polar surface area (TPSA) is 148 Å². The van der Waals surface area contributed by atoms with Crippen LogP contribution >= 0.6 is 11.3 Å². The number of rotatable bonds is 4. The van der Waals surface area contributed by atoms with E-state index >= 15 is 0 Å². The number of piperidine rings is 1. The molecule has 34 heavy (non-hydrogen) atoms. The first-order chi connectivity index (χ1) is 16.5. The van der Waals surface area contributed by atoms with Gasteiger partial charge in [0, 0.05) is 29.7 Å². The summed E-state index contributed by atoms with van der Waals surface area (Å²) in [5, 5.41) is 12.6. The maximum absolute atomic E-state index is 13.6. The van der Waals surface area contributed by atoms with Crippen molar-refractivity contribution in [2.75, 3.05) is 24.1 Å². The number of anilines is 2. The predicted octanol–water partition coefficient (Wildman–Crippen LogP) is 2.30. The summed E-state index contributed by atoms with van der Waals surface area (Å²) >= 11 is 1.39. The third-order valence-electron chi connectivity index (χ3n) is 5.81. The number of carbonyl (C=O) groups is 1. The third kappa shape index (κ3) is 3.75. The highest BCUT2D eigenvalue weighted by atomic mass is 32.1. The van der Waals surface area contributed by atoms with E-state index in [0.29, 0.717) is 40.6 Å². The van der Waals surface area contributed by atoms with E-state index in [1.807, 2.05) is 6.92 Å².